The van der Waals surface area contributed by atoms with Gasteiger partial charge < -0.3 is 10.7 Å². The van der Waals surface area contributed by atoms with Crippen LogP contribution in [0, 0.1) is 13.8 Å². The van der Waals surface area contributed by atoms with Gasteiger partial charge in [0.25, 0.3) is 0 Å². The molecule has 0 unspecified atom stereocenters. The normalized spacial score (nSPS) is 11.4. The van der Waals surface area contributed by atoms with Gasteiger partial charge >= 0.3 is 0 Å². The molecule has 0 spiro atoms. The number of nitrogens with zero attached hydrogens (tertiary/aromatic N) is 3. The summed E-state index contributed by atoms with van der Waals surface area (Å²) in [6.45, 7) is 4.04. The average Bonchev–Trinajstić information content (AvgIpc) is 2.99. The lowest BCUT2D eigenvalue weighted by atomic mass is 10.2. The number of nitrogens with two attached hydrogens (primary N) is 1. The van der Waals surface area contributed by atoms with Gasteiger partial charge in [-0.15, -0.1) is 0 Å². The molecular formula is C13H15N5O2S. The maximum Gasteiger partial charge on any atom is 0.175 e. The van der Waals surface area contributed by atoms with Gasteiger partial charge in [-0.25, -0.2) is 14.9 Å². The summed E-state index contributed by atoms with van der Waals surface area (Å²) >= 11 is 1.27. The number of thioether (sulfide) groups is 1. The van der Waals surface area contributed by atoms with E-state index >= 15 is 0 Å². The molecule has 0 atom stereocenters. The number of hydrogen-bond donors (Lipinski definition) is 3. The second-order valence-corrected chi connectivity index (χ2v) is 5.55. The lowest BCUT2D eigenvalue weighted by Gasteiger charge is -2.01. The lowest BCUT2D eigenvalue weighted by molar-refractivity contribution is -0.222. The molecule has 3 rings (SSSR count). The SMILES string of the molecule is Cc1cc(-c2nc(SCOO)n3ccnc(N)c23)[nH]c1C. The summed E-state index contributed by atoms with van der Waals surface area (Å²) in [5.41, 5.74) is 10.6. The van der Waals surface area contributed by atoms with Crippen LogP contribution in [0.1, 0.15) is 11.3 Å². The minimum atomic E-state index is 0.0869. The number of fused-ring (bicyclic) bond motifs is 1. The Balaban J connectivity index is 2.22. The van der Waals surface area contributed by atoms with Gasteiger partial charge in [0.15, 0.2) is 5.16 Å². The largest absolute Gasteiger partial charge is 0.382 e. The Bertz CT molecular complexity index is 776. The molecule has 0 aliphatic rings. The van der Waals surface area contributed by atoms with E-state index in [1.807, 2.05) is 24.3 Å². The maximum atomic E-state index is 8.52. The van der Waals surface area contributed by atoms with Crippen molar-refractivity contribution < 1.29 is 10.1 Å². The van der Waals surface area contributed by atoms with Crippen molar-refractivity contribution in [2.45, 2.75) is 19.0 Å². The molecule has 0 bridgehead atoms. The van der Waals surface area contributed by atoms with Crippen LogP contribution in [0.4, 0.5) is 5.82 Å². The molecule has 7 nitrogen and oxygen atoms in total. The zero-order chi connectivity index (χ0) is 15.0. The lowest BCUT2D eigenvalue weighted by Crippen LogP contribution is -1.96. The van der Waals surface area contributed by atoms with Gasteiger partial charge in [-0.2, -0.15) is 0 Å². The van der Waals surface area contributed by atoms with E-state index in [2.05, 4.69) is 19.8 Å². The first-order valence-corrected chi connectivity index (χ1v) is 7.28. The molecule has 3 aromatic heterocycles. The van der Waals surface area contributed by atoms with E-state index in [0.29, 0.717) is 11.0 Å². The summed E-state index contributed by atoms with van der Waals surface area (Å²) in [5, 5.41) is 9.19. The Kier molecular flexibility index (Phi) is 3.58. The first-order valence-electron chi connectivity index (χ1n) is 6.30. The number of hydrogen-bond acceptors (Lipinski definition) is 6. The third-order valence-electron chi connectivity index (χ3n) is 3.32. The minimum Gasteiger partial charge on any atom is -0.382 e. The number of H-pyrrole nitrogens is 1. The van der Waals surface area contributed by atoms with Crippen LogP contribution in [0.15, 0.2) is 23.6 Å². The zero-order valence-corrected chi connectivity index (χ0v) is 12.4. The number of aromatic amines is 1. The summed E-state index contributed by atoms with van der Waals surface area (Å²) in [4.78, 5) is 16.1. The summed E-state index contributed by atoms with van der Waals surface area (Å²) in [6.07, 6.45) is 3.40. The molecule has 0 radical (unpaired) electrons. The number of anilines is 1. The number of aromatic nitrogens is 4. The van der Waals surface area contributed by atoms with Crippen molar-refractivity contribution in [1.82, 2.24) is 19.4 Å². The Morgan fingerprint density at radius 2 is 2.29 bits per heavy atom. The topological polar surface area (TPSA) is 101 Å². The van der Waals surface area contributed by atoms with Crippen LogP contribution in [-0.4, -0.2) is 30.5 Å². The highest BCUT2D eigenvalue weighted by Gasteiger charge is 2.17. The van der Waals surface area contributed by atoms with Crippen LogP contribution < -0.4 is 5.73 Å². The number of imidazole rings is 1. The third kappa shape index (κ3) is 2.37. The molecule has 110 valence electrons. The highest BCUT2D eigenvalue weighted by molar-refractivity contribution is 7.99. The molecule has 3 aromatic rings. The number of aryl methyl sites for hydroxylation is 2. The Morgan fingerprint density at radius 1 is 1.48 bits per heavy atom. The molecule has 8 heteroatoms. The van der Waals surface area contributed by atoms with E-state index < -0.39 is 0 Å². The van der Waals surface area contributed by atoms with Crippen LogP contribution >= 0.6 is 11.8 Å². The molecule has 0 aromatic carbocycles. The smallest absolute Gasteiger partial charge is 0.175 e. The zero-order valence-electron chi connectivity index (χ0n) is 11.6. The molecule has 21 heavy (non-hydrogen) atoms. The molecule has 0 saturated carbocycles. The van der Waals surface area contributed by atoms with Crippen molar-refractivity contribution >= 4 is 23.1 Å². The van der Waals surface area contributed by atoms with E-state index in [1.54, 1.807) is 12.4 Å². The Morgan fingerprint density at radius 3 is 2.95 bits per heavy atom. The molecule has 0 saturated heterocycles. The van der Waals surface area contributed by atoms with E-state index in [1.165, 1.54) is 11.8 Å². The summed E-state index contributed by atoms with van der Waals surface area (Å²) in [5.74, 6) is 0.491. The van der Waals surface area contributed by atoms with Gasteiger partial charge in [0.2, 0.25) is 0 Å². The van der Waals surface area contributed by atoms with E-state index in [-0.39, 0.29) is 5.94 Å². The average molecular weight is 305 g/mol. The fourth-order valence-corrected chi connectivity index (χ4v) is 2.80. The minimum absolute atomic E-state index is 0.0869. The Labute approximate surface area is 125 Å². The van der Waals surface area contributed by atoms with Crippen molar-refractivity contribution in [3.05, 3.63) is 29.7 Å². The standard InChI is InChI=1S/C13H15N5O2S/c1-7-5-9(16-8(7)2)10-11-12(14)15-3-4-18(11)13(17-10)21-6-20-19/h3-5,16,19H,6H2,1-2H3,(H2,14,15). The molecular weight excluding hydrogens is 290 g/mol. The second-order valence-electron chi connectivity index (χ2n) is 4.66. The predicted octanol–water partition coefficient (Wildman–Crippen LogP) is 2.46. The van der Waals surface area contributed by atoms with Gasteiger partial charge in [-0.3, -0.25) is 9.66 Å². The maximum absolute atomic E-state index is 8.52. The van der Waals surface area contributed by atoms with E-state index in [0.717, 1.165) is 28.2 Å². The van der Waals surface area contributed by atoms with Gasteiger partial charge in [-0.1, -0.05) is 11.8 Å². The van der Waals surface area contributed by atoms with E-state index in [4.69, 9.17) is 11.0 Å². The summed E-state index contributed by atoms with van der Waals surface area (Å²) in [7, 11) is 0. The number of nitrogen functional groups attached to an aromatic ring is 1. The molecule has 3 heterocycles. The fraction of sp³-hybridized carbons (Fsp3) is 0.231. The molecule has 0 aliphatic heterocycles. The van der Waals surface area contributed by atoms with Gasteiger partial charge in [0.05, 0.1) is 5.69 Å². The van der Waals surface area contributed by atoms with Crippen LogP contribution in [0.25, 0.3) is 16.9 Å². The van der Waals surface area contributed by atoms with Gasteiger partial charge in [0.1, 0.15) is 23.0 Å². The van der Waals surface area contributed by atoms with Crippen molar-refractivity contribution in [2.24, 2.45) is 0 Å². The monoisotopic (exact) mass is 305 g/mol. The number of nitrogens with one attached hydrogen (secondary N) is 1. The van der Waals surface area contributed by atoms with Crippen molar-refractivity contribution in [3.63, 3.8) is 0 Å². The first kappa shape index (κ1) is 13.9. The Hall–Kier alpha value is -2.03. The summed E-state index contributed by atoms with van der Waals surface area (Å²) in [6, 6.07) is 2.03. The van der Waals surface area contributed by atoms with Crippen LogP contribution in [0.2, 0.25) is 0 Å². The second kappa shape index (κ2) is 5.40. The summed E-state index contributed by atoms with van der Waals surface area (Å²) < 4.78 is 1.84. The predicted molar refractivity (Wildman–Crippen MR) is 81.1 cm³/mol. The molecule has 0 fully saturated rings. The highest BCUT2D eigenvalue weighted by atomic mass is 32.2. The fourth-order valence-electron chi connectivity index (χ4n) is 2.19. The van der Waals surface area contributed by atoms with Crippen molar-refractivity contribution in [1.29, 1.82) is 0 Å². The van der Waals surface area contributed by atoms with Gasteiger partial charge in [-0.05, 0) is 25.5 Å². The number of rotatable bonds is 4. The van der Waals surface area contributed by atoms with Crippen LogP contribution in [0.3, 0.4) is 0 Å². The van der Waals surface area contributed by atoms with Crippen LogP contribution in [0.5, 0.6) is 0 Å². The molecule has 0 amide bonds. The van der Waals surface area contributed by atoms with Crippen molar-refractivity contribution in [3.8, 4) is 11.4 Å². The van der Waals surface area contributed by atoms with Gasteiger partial charge in [0, 0.05) is 18.1 Å². The first-order chi connectivity index (χ1) is 10.1. The third-order valence-corrected chi connectivity index (χ3v) is 4.09. The quantitative estimate of drug-likeness (QED) is 0.296. The van der Waals surface area contributed by atoms with Crippen molar-refractivity contribution in [2.75, 3.05) is 11.7 Å². The van der Waals surface area contributed by atoms with E-state index in [9.17, 15) is 0 Å². The molecule has 4 N–H and O–H groups in total. The molecule has 0 aliphatic carbocycles. The van der Waals surface area contributed by atoms with Crippen LogP contribution in [-0.2, 0) is 4.89 Å². The highest BCUT2D eigenvalue weighted by Crippen LogP contribution is 2.31.